The molecule has 0 saturated heterocycles. The first kappa shape index (κ1) is 13.3. The summed E-state index contributed by atoms with van der Waals surface area (Å²) in [7, 11) is 5.91. The van der Waals surface area contributed by atoms with E-state index in [4.69, 9.17) is 10.5 Å². The van der Waals surface area contributed by atoms with Gasteiger partial charge in [-0.2, -0.15) is 5.10 Å². The van der Waals surface area contributed by atoms with Gasteiger partial charge in [0.2, 0.25) is 0 Å². The Kier molecular flexibility index (Phi) is 3.94. The SMILES string of the molecule is CN(C)c1ccc(N)c(OCCc2ccnn2C)c1. The highest BCUT2D eigenvalue weighted by Gasteiger charge is 2.05. The maximum absolute atomic E-state index is 5.92. The van der Waals surface area contributed by atoms with E-state index in [1.54, 1.807) is 6.20 Å². The van der Waals surface area contributed by atoms with E-state index in [0.29, 0.717) is 12.3 Å². The van der Waals surface area contributed by atoms with E-state index in [1.165, 1.54) is 0 Å². The topological polar surface area (TPSA) is 56.3 Å². The fourth-order valence-electron chi connectivity index (χ4n) is 1.84. The summed E-state index contributed by atoms with van der Waals surface area (Å²) in [6.07, 6.45) is 2.60. The normalized spacial score (nSPS) is 10.5. The van der Waals surface area contributed by atoms with Crippen LogP contribution in [0.4, 0.5) is 11.4 Å². The van der Waals surface area contributed by atoms with E-state index in [9.17, 15) is 0 Å². The molecule has 2 aromatic rings. The Bertz CT molecular complexity index is 548. The smallest absolute Gasteiger partial charge is 0.144 e. The van der Waals surface area contributed by atoms with Gasteiger partial charge >= 0.3 is 0 Å². The summed E-state index contributed by atoms with van der Waals surface area (Å²) < 4.78 is 7.61. The molecular weight excluding hydrogens is 240 g/mol. The molecule has 0 aliphatic heterocycles. The van der Waals surface area contributed by atoms with Crippen LogP contribution in [0.25, 0.3) is 0 Å². The van der Waals surface area contributed by atoms with Crippen molar-refractivity contribution in [2.75, 3.05) is 31.3 Å². The van der Waals surface area contributed by atoms with Crippen molar-refractivity contribution in [2.24, 2.45) is 7.05 Å². The number of hydrogen-bond acceptors (Lipinski definition) is 4. The van der Waals surface area contributed by atoms with Gasteiger partial charge < -0.3 is 15.4 Å². The summed E-state index contributed by atoms with van der Waals surface area (Å²) in [6.45, 7) is 0.584. The molecule has 0 saturated carbocycles. The standard InChI is InChI=1S/C14H20N4O/c1-17(2)12-4-5-13(15)14(10-12)19-9-7-11-6-8-16-18(11)3/h4-6,8,10H,7,9,15H2,1-3H3. The molecule has 0 amide bonds. The number of aromatic nitrogens is 2. The second-order valence-electron chi connectivity index (χ2n) is 4.66. The lowest BCUT2D eigenvalue weighted by atomic mass is 10.2. The fourth-order valence-corrected chi connectivity index (χ4v) is 1.84. The Morgan fingerprint density at radius 3 is 2.74 bits per heavy atom. The van der Waals surface area contributed by atoms with E-state index in [2.05, 4.69) is 5.10 Å². The summed E-state index contributed by atoms with van der Waals surface area (Å²) in [4.78, 5) is 2.02. The quantitative estimate of drug-likeness (QED) is 0.831. The molecule has 0 fully saturated rings. The minimum Gasteiger partial charge on any atom is -0.491 e. The zero-order chi connectivity index (χ0) is 13.8. The number of anilines is 2. The molecule has 0 aliphatic rings. The van der Waals surface area contributed by atoms with Gasteiger partial charge in [-0.05, 0) is 18.2 Å². The first-order valence-corrected chi connectivity index (χ1v) is 6.24. The molecule has 0 spiro atoms. The highest BCUT2D eigenvalue weighted by Crippen LogP contribution is 2.26. The molecular formula is C14H20N4O. The molecule has 2 N–H and O–H groups in total. The largest absolute Gasteiger partial charge is 0.491 e. The first-order chi connectivity index (χ1) is 9.08. The van der Waals surface area contributed by atoms with Gasteiger partial charge in [-0.1, -0.05) is 0 Å². The van der Waals surface area contributed by atoms with Crippen LogP contribution in [0.2, 0.25) is 0 Å². The zero-order valence-corrected chi connectivity index (χ0v) is 11.6. The van der Waals surface area contributed by atoms with Crippen LogP contribution < -0.4 is 15.4 Å². The van der Waals surface area contributed by atoms with Crippen LogP contribution in [0.15, 0.2) is 30.5 Å². The molecule has 1 aromatic carbocycles. The molecule has 102 valence electrons. The van der Waals surface area contributed by atoms with E-state index < -0.39 is 0 Å². The predicted molar refractivity (Wildman–Crippen MR) is 77.6 cm³/mol. The highest BCUT2D eigenvalue weighted by molar-refractivity contribution is 5.61. The number of hydrogen-bond donors (Lipinski definition) is 1. The van der Waals surface area contributed by atoms with Crippen LogP contribution in [-0.2, 0) is 13.5 Å². The van der Waals surface area contributed by atoms with Crippen LogP contribution in [-0.4, -0.2) is 30.5 Å². The van der Waals surface area contributed by atoms with Gasteiger partial charge in [0.25, 0.3) is 0 Å². The molecule has 5 nitrogen and oxygen atoms in total. The predicted octanol–water partition coefficient (Wildman–Crippen LogP) is 1.69. The number of nitrogens with two attached hydrogens (primary N) is 1. The average molecular weight is 260 g/mol. The van der Waals surface area contributed by atoms with Crippen LogP contribution >= 0.6 is 0 Å². The lowest BCUT2D eigenvalue weighted by Gasteiger charge is -2.15. The van der Waals surface area contributed by atoms with Crippen LogP contribution in [0.5, 0.6) is 5.75 Å². The Morgan fingerprint density at radius 1 is 1.32 bits per heavy atom. The van der Waals surface area contributed by atoms with Gasteiger partial charge in [-0.25, -0.2) is 0 Å². The summed E-state index contributed by atoms with van der Waals surface area (Å²) in [5, 5.41) is 4.13. The van der Waals surface area contributed by atoms with Gasteiger partial charge in [-0.3, -0.25) is 4.68 Å². The third-order valence-corrected chi connectivity index (χ3v) is 3.05. The van der Waals surface area contributed by atoms with Gasteiger partial charge in [0, 0.05) is 51.2 Å². The first-order valence-electron chi connectivity index (χ1n) is 6.24. The van der Waals surface area contributed by atoms with E-state index in [0.717, 1.165) is 23.6 Å². The Hall–Kier alpha value is -2.17. The summed E-state index contributed by atoms with van der Waals surface area (Å²) in [5.41, 5.74) is 8.80. The Balaban J connectivity index is 1.99. The summed E-state index contributed by atoms with van der Waals surface area (Å²) in [6, 6.07) is 7.79. The Morgan fingerprint density at radius 2 is 2.11 bits per heavy atom. The third-order valence-electron chi connectivity index (χ3n) is 3.05. The molecule has 0 unspecified atom stereocenters. The summed E-state index contributed by atoms with van der Waals surface area (Å²) in [5.74, 6) is 0.730. The number of nitrogens with zero attached hydrogens (tertiary/aromatic N) is 3. The number of nitrogen functional groups attached to an aromatic ring is 1. The minimum atomic E-state index is 0.584. The van der Waals surface area contributed by atoms with Gasteiger partial charge in [0.05, 0.1) is 12.3 Å². The van der Waals surface area contributed by atoms with E-state index in [1.807, 2.05) is 55.0 Å². The Labute approximate surface area is 113 Å². The molecule has 0 aliphatic carbocycles. The van der Waals surface area contributed by atoms with E-state index in [-0.39, 0.29) is 0 Å². The number of aryl methyl sites for hydroxylation is 1. The summed E-state index contributed by atoms with van der Waals surface area (Å²) >= 11 is 0. The second kappa shape index (κ2) is 5.65. The molecule has 19 heavy (non-hydrogen) atoms. The maximum Gasteiger partial charge on any atom is 0.144 e. The van der Waals surface area contributed by atoms with Gasteiger partial charge in [0.1, 0.15) is 5.75 Å². The number of ether oxygens (including phenoxy) is 1. The van der Waals surface area contributed by atoms with Crippen molar-refractivity contribution < 1.29 is 4.74 Å². The van der Waals surface area contributed by atoms with Crippen LogP contribution in [0, 0.1) is 0 Å². The van der Waals surface area contributed by atoms with Crippen LogP contribution in [0.3, 0.4) is 0 Å². The number of benzene rings is 1. The highest BCUT2D eigenvalue weighted by atomic mass is 16.5. The van der Waals surface area contributed by atoms with Crippen molar-refractivity contribution in [3.8, 4) is 5.75 Å². The van der Waals surface area contributed by atoms with Crippen molar-refractivity contribution in [3.63, 3.8) is 0 Å². The van der Waals surface area contributed by atoms with Gasteiger partial charge in [-0.15, -0.1) is 0 Å². The monoisotopic (exact) mass is 260 g/mol. The lowest BCUT2D eigenvalue weighted by molar-refractivity contribution is 0.320. The van der Waals surface area contributed by atoms with Crippen molar-refractivity contribution in [1.29, 1.82) is 0 Å². The molecule has 0 atom stereocenters. The fraction of sp³-hybridized carbons (Fsp3) is 0.357. The van der Waals surface area contributed by atoms with Crippen molar-refractivity contribution in [3.05, 3.63) is 36.2 Å². The second-order valence-corrected chi connectivity index (χ2v) is 4.66. The molecule has 0 radical (unpaired) electrons. The van der Waals surface area contributed by atoms with Crippen molar-refractivity contribution in [1.82, 2.24) is 9.78 Å². The van der Waals surface area contributed by atoms with Crippen molar-refractivity contribution in [2.45, 2.75) is 6.42 Å². The molecule has 0 bridgehead atoms. The molecule has 1 heterocycles. The number of rotatable bonds is 5. The average Bonchev–Trinajstić information content (AvgIpc) is 2.77. The molecule has 2 rings (SSSR count). The maximum atomic E-state index is 5.92. The zero-order valence-electron chi connectivity index (χ0n) is 11.6. The van der Waals surface area contributed by atoms with Crippen molar-refractivity contribution >= 4 is 11.4 Å². The lowest BCUT2D eigenvalue weighted by Crippen LogP contribution is -2.10. The minimum absolute atomic E-state index is 0.584. The molecule has 5 heteroatoms. The van der Waals surface area contributed by atoms with Crippen LogP contribution in [0.1, 0.15) is 5.69 Å². The molecule has 1 aromatic heterocycles. The van der Waals surface area contributed by atoms with E-state index >= 15 is 0 Å². The third kappa shape index (κ3) is 3.19. The van der Waals surface area contributed by atoms with Gasteiger partial charge in [0.15, 0.2) is 0 Å².